The number of hydrogen-bond donors (Lipinski definition) is 0. The van der Waals surface area contributed by atoms with E-state index >= 15 is 0 Å². The van der Waals surface area contributed by atoms with Gasteiger partial charge in [-0.2, -0.15) is 0 Å². The summed E-state index contributed by atoms with van der Waals surface area (Å²) in [6, 6.07) is 1.94. The lowest BCUT2D eigenvalue weighted by Gasteiger charge is -2.15. The third kappa shape index (κ3) is 2.16. The summed E-state index contributed by atoms with van der Waals surface area (Å²) in [5.74, 6) is 1.15. The van der Waals surface area contributed by atoms with Gasteiger partial charge in [0.1, 0.15) is 0 Å². The summed E-state index contributed by atoms with van der Waals surface area (Å²) in [7, 11) is 0. The van der Waals surface area contributed by atoms with Crippen LogP contribution >= 0.6 is 46.6 Å². The van der Waals surface area contributed by atoms with E-state index in [-0.39, 0.29) is 5.78 Å². The number of thioether (sulfide) groups is 3. The average Bonchev–Trinajstić information content (AvgIpc) is 2.71. The number of ketones is 1. The van der Waals surface area contributed by atoms with Crippen molar-refractivity contribution in [2.45, 2.75) is 5.75 Å². The second-order valence-electron chi connectivity index (χ2n) is 2.90. The van der Waals surface area contributed by atoms with Crippen LogP contribution in [0, 0.1) is 0 Å². The van der Waals surface area contributed by atoms with Crippen molar-refractivity contribution in [2.75, 3.05) is 12.5 Å². The van der Waals surface area contributed by atoms with E-state index in [0.717, 1.165) is 20.5 Å². The third-order valence-electron chi connectivity index (χ3n) is 2.10. The molecule has 0 saturated heterocycles. The smallest absolute Gasteiger partial charge is 0.202 e. The summed E-state index contributed by atoms with van der Waals surface area (Å²) in [5.41, 5.74) is 0.911. The van der Waals surface area contributed by atoms with Crippen molar-refractivity contribution in [2.24, 2.45) is 0 Å². The second kappa shape index (κ2) is 4.99. The van der Waals surface area contributed by atoms with Gasteiger partial charge in [-0.3, -0.25) is 4.79 Å². The Kier molecular flexibility index (Phi) is 3.88. The molecule has 0 bridgehead atoms. The first-order valence-corrected chi connectivity index (χ1v) is 8.65. The van der Waals surface area contributed by atoms with E-state index in [1.807, 2.05) is 24.0 Å². The number of rotatable bonds is 2. The van der Waals surface area contributed by atoms with Crippen molar-refractivity contribution < 1.29 is 4.79 Å². The van der Waals surface area contributed by atoms with Crippen LogP contribution in [-0.2, 0) is 5.75 Å². The molecule has 0 N–H and O–H groups in total. The Hall–Kier alpha value is 0.160. The van der Waals surface area contributed by atoms with E-state index in [1.54, 1.807) is 46.6 Å². The average molecular weight is 274 g/mol. The summed E-state index contributed by atoms with van der Waals surface area (Å²) in [6.07, 6.45) is 4.05. The van der Waals surface area contributed by atoms with Crippen molar-refractivity contribution in [3.05, 3.63) is 31.0 Å². The monoisotopic (exact) mass is 274 g/mol. The molecule has 1 nitrogen and oxygen atoms in total. The van der Waals surface area contributed by atoms with Gasteiger partial charge in [-0.05, 0) is 24.0 Å². The summed E-state index contributed by atoms with van der Waals surface area (Å²) < 4.78 is 1.14. The predicted molar refractivity (Wildman–Crippen MR) is 74.0 cm³/mol. The Morgan fingerprint density at radius 3 is 2.80 bits per heavy atom. The lowest BCUT2D eigenvalue weighted by atomic mass is 10.1. The Labute approximate surface area is 106 Å². The van der Waals surface area contributed by atoms with Crippen LogP contribution in [0.3, 0.4) is 0 Å². The standard InChI is InChI=1S/C10H10OS4/c1-12-10(13-2)9-8(11)6-3-4-14-7(6)5-15-9/h3-4H,5H2,1-2H3. The highest BCUT2D eigenvalue weighted by Crippen LogP contribution is 2.42. The second-order valence-corrected chi connectivity index (χ2v) is 6.78. The highest BCUT2D eigenvalue weighted by atomic mass is 32.2. The van der Waals surface area contributed by atoms with Gasteiger partial charge in [-0.25, -0.2) is 0 Å². The lowest BCUT2D eigenvalue weighted by Crippen LogP contribution is -2.08. The molecule has 0 unspecified atom stereocenters. The number of thiophene rings is 1. The topological polar surface area (TPSA) is 17.1 Å². The van der Waals surface area contributed by atoms with Crippen molar-refractivity contribution in [1.82, 2.24) is 0 Å². The summed E-state index contributed by atoms with van der Waals surface area (Å²) in [6.45, 7) is 0. The highest BCUT2D eigenvalue weighted by molar-refractivity contribution is 8.22. The molecule has 2 rings (SSSR count). The number of Topliss-reactive ketones (excluding diaryl/α,β-unsaturated/α-hetero) is 1. The molecule has 0 saturated carbocycles. The Balaban J connectivity index is 2.42. The van der Waals surface area contributed by atoms with E-state index < -0.39 is 0 Å². The molecule has 80 valence electrons. The van der Waals surface area contributed by atoms with E-state index in [1.165, 1.54) is 4.88 Å². The fourth-order valence-electron chi connectivity index (χ4n) is 1.40. The molecule has 5 heteroatoms. The maximum Gasteiger partial charge on any atom is 0.202 e. The first-order chi connectivity index (χ1) is 7.27. The molecule has 0 fully saturated rings. The fourth-order valence-corrected chi connectivity index (χ4v) is 5.37. The molecule has 0 radical (unpaired) electrons. The van der Waals surface area contributed by atoms with Crippen LogP contribution < -0.4 is 0 Å². The minimum atomic E-state index is 0.209. The molecule has 15 heavy (non-hydrogen) atoms. The van der Waals surface area contributed by atoms with Gasteiger partial charge in [0.25, 0.3) is 0 Å². The Morgan fingerprint density at radius 2 is 2.13 bits per heavy atom. The third-order valence-corrected chi connectivity index (χ3v) is 6.72. The van der Waals surface area contributed by atoms with Crippen LogP contribution in [0.1, 0.15) is 15.2 Å². The van der Waals surface area contributed by atoms with E-state index in [4.69, 9.17) is 0 Å². The van der Waals surface area contributed by atoms with Crippen LogP contribution in [0.4, 0.5) is 0 Å². The van der Waals surface area contributed by atoms with Gasteiger partial charge in [0.2, 0.25) is 5.78 Å². The molecule has 0 aromatic carbocycles. The SMILES string of the molecule is CSC(SC)=C1SCc2sccc2C1=O. The molecule has 1 aromatic rings. The highest BCUT2D eigenvalue weighted by Gasteiger charge is 2.25. The lowest BCUT2D eigenvalue weighted by molar-refractivity contribution is 0.104. The first kappa shape index (κ1) is 11.6. The van der Waals surface area contributed by atoms with Crippen LogP contribution in [0.2, 0.25) is 0 Å². The number of allylic oxidation sites excluding steroid dienone is 1. The van der Waals surface area contributed by atoms with Gasteiger partial charge in [0, 0.05) is 16.2 Å². The van der Waals surface area contributed by atoms with Gasteiger partial charge in [0.15, 0.2) is 0 Å². The molecule has 0 spiro atoms. The van der Waals surface area contributed by atoms with Gasteiger partial charge < -0.3 is 0 Å². The first-order valence-electron chi connectivity index (χ1n) is 4.34. The van der Waals surface area contributed by atoms with Crippen LogP contribution in [0.25, 0.3) is 0 Å². The fraction of sp³-hybridized carbons (Fsp3) is 0.300. The molecular weight excluding hydrogens is 264 g/mol. The molecular formula is C10H10OS4. The summed E-state index contributed by atoms with van der Waals surface area (Å²) in [5, 5.41) is 2.00. The number of fused-ring (bicyclic) bond motifs is 1. The molecule has 0 atom stereocenters. The zero-order valence-corrected chi connectivity index (χ0v) is 11.7. The van der Waals surface area contributed by atoms with E-state index in [2.05, 4.69) is 0 Å². The molecule has 0 aliphatic carbocycles. The molecule has 1 aliphatic rings. The van der Waals surface area contributed by atoms with Crippen LogP contribution in [0.5, 0.6) is 0 Å². The van der Waals surface area contributed by atoms with Gasteiger partial charge in [-0.1, -0.05) is 0 Å². The summed E-state index contributed by atoms with van der Waals surface area (Å²) >= 11 is 6.68. The van der Waals surface area contributed by atoms with Crippen molar-refractivity contribution in [1.29, 1.82) is 0 Å². The number of carbonyl (C=O) groups excluding carboxylic acids is 1. The van der Waals surface area contributed by atoms with Crippen molar-refractivity contribution in [3.63, 3.8) is 0 Å². The van der Waals surface area contributed by atoms with Crippen LogP contribution in [-0.4, -0.2) is 18.3 Å². The number of hydrogen-bond acceptors (Lipinski definition) is 5. The normalized spacial score (nSPS) is 15.3. The largest absolute Gasteiger partial charge is 0.288 e. The minimum absolute atomic E-state index is 0.209. The van der Waals surface area contributed by atoms with E-state index in [9.17, 15) is 4.79 Å². The van der Waals surface area contributed by atoms with Gasteiger partial charge in [0.05, 0.1) is 9.14 Å². The molecule has 0 amide bonds. The quantitative estimate of drug-likeness (QED) is 0.756. The number of carbonyl (C=O) groups is 1. The zero-order valence-electron chi connectivity index (χ0n) is 8.40. The maximum absolute atomic E-state index is 12.1. The summed E-state index contributed by atoms with van der Waals surface area (Å²) in [4.78, 5) is 14.3. The predicted octanol–water partition coefficient (Wildman–Crippen LogP) is 4.07. The Morgan fingerprint density at radius 1 is 1.40 bits per heavy atom. The van der Waals surface area contributed by atoms with Gasteiger partial charge >= 0.3 is 0 Å². The van der Waals surface area contributed by atoms with Crippen molar-refractivity contribution in [3.8, 4) is 0 Å². The van der Waals surface area contributed by atoms with E-state index in [0.29, 0.717) is 0 Å². The Bertz CT molecular complexity index is 413. The van der Waals surface area contributed by atoms with Crippen LogP contribution in [0.15, 0.2) is 20.6 Å². The zero-order chi connectivity index (χ0) is 10.8. The molecule has 2 heterocycles. The molecule has 1 aliphatic heterocycles. The molecule has 1 aromatic heterocycles. The minimum Gasteiger partial charge on any atom is -0.288 e. The van der Waals surface area contributed by atoms with Crippen molar-refractivity contribution >= 4 is 52.4 Å². The maximum atomic E-state index is 12.1. The van der Waals surface area contributed by atoms with Gasteiger partial charge in [-0.15, -0.1) is 46.6 Å².